The molecule has 0 spiro atoms. The molecule has 0 saturated carbocycles. The first-order chi connectivity index (χ1) is 11.5. The van der Waals surface area contributed by atoms with Crippen molar-refractivity contribution >= 4 is 30.1 Å². The van der Waals surface area contributed by atoms with Gasteiger partial charge < -0.3 is 11.1 Å². The number of carbonyl (C=O) groups is 1. The fourth-order valence-corrected chi connectivity index (χ4v) is 3.31. The zero-order valence-corrected chi connectivity index (χ0v) is 16.0. The first-order valence-electron chi connectivity index (χ1n) is 8.20. The lowest BCUT2D eigenvalue weighted by molar-refractivity contribution is -0.123. The minimum Gasteiger partial charge on any atom is -0.352 e. The Kier molecular flexibility index (Phi) is 9.71. The molecule has 2 rings (SSSR count). The minimum atomic E-state index is -0.821. The van der Waals surface area contributed by atoms with Gasteiger partial charge in [-0.2, -0.15) is 11.8 Å². The van der Waals surface area contributed by atoms with E-state index in [1.807, 2.05) is 6.26 Å². The van der Waals surface area contributed by atoms with E-state index in [0.29, 0.717) is 13.0 Å². The normalized spacial score (nSPS) is 17.0. The second kappa shape index (κ2) is 11.0. The highest BCUT2D eigenvalue weighted by Crippen LogP contribution is 2.16. The van der Waals surface area contributed by atoms with Gasteiger partial charge in [0.15, 0.2) is 11.6 Å². The SMILES string of the molecule is CSCCC(N)C(=O)NC1CCN(Cc2ccc(F)c(F)c2)CC1.Cl. The average molecular weight is 394 g/mol. The Labute approximate surface area is 158 Å². The number of rotatable bonds is 7. The molecule has 0 radical (unpaired) electrons. The van der Waals surface area contributed by atoms with E-state index in [1.165, 1.54) is 6.07 Å². The van der Waals surface area contributed by atoms with E-state index in [4.69, 9.17) is 5.73 Å². The zero-order valence-electron chi connectivity index (χ0n) is 14.3. The lowest BCUT2D eigenvalue weighted by Gasteiger charge is -2.32. The standard InChI is InChI=1S/C17H25F2N3OS.ClH/c1-24-9-6-16(20)17(23)21-13-4-7-22(8-5-13)11-12-2-3-14(18)15(19)10-12;/h2-3,10,13,16H,4-9,11,20H2,1H3,(H,21,23);1H. The van der Waals surface area contributed by atoms with Crippen LogP contribution < -0.4 is 11.1 Å². The van der Waals surface area contributed by atoms with Crippen LogP contribution in [0.1, 0.15) is 24.8 Å². The molecule has 1 heterocycles. The zero-order chi connectivity index (χ0) is 17.5. The Morgan fingerprint density at radius 3 is 2.64 bits per heavy atom. The van der Waals surface area contributed by atoms with Crippen molar-refractivity contribution in [2.24, 2.45) is 5.73 Å². The number of benzene rings is 1. The molecule has 1 aromatic carbocycles. The maximum atomic E-state index is 13.2. The molecule has 1 aliphatic heterocycles. The highest BCUT2D eigenvalue weighted by molar-refractivity contribution is 7.98. The number of hydrogen-bond acceptors (Lipinski definition) is 4. The summed E-state index contributed by atoms with van der Waals surface area (Å²) in [5, 5.41) is 3.02. The molecule has 3 N–H and O–H groups in total. The summed E-state index contributed by atoms with van der Waals surface area (Å²) >= 11 is 1.68. The Morgan fingerprint density at radius 1 is 1.36 bits per heavy atom. The van der Waals surface area contributed by atoms with Crippen molar-refractivity contribution in [3.05, 3.63) is 35.4 Å². The van der Waals surface area contributed by atoms with Gasteiger partial charge in [0.2, 0.25) is 5.91 Å². The number of carbonyl (C=O) groups excluding carboxylic acids is 1. The van der Waals surface area contributed by atoms with Gasteiger partial charge in [0.05, 0.1) is 6.04 Å². The van der Waals surface area contributed by atoms with Crippen molar-refractivity contribution in [1.29, 1.82) is 0 Å². The van der Waals surface area contributed by atoms with Crippen LogP contribution in [0.3, 0.4) is 0 Å². The van der Waals surface area contributed by atoms with Gasteiger partial charge in [0.25, 0.3) is 0 Å². The number of piperidine rings is 1. The first-order valence-corrected chi connectivity index (χ1v) is 9.60. The van der Waals surface area contributed by atoms with Crippen LogP contribution in [0.25, 0.3) is 0 Å². The van der Waals surface area contributed by atoms with E-state index in [0.717, 1.165) is 43.3 Å². The van der Waals surface area contributed by atoms with E-state index >= 15 is 0 Å². The lowest BCUT2D eigenvalue weighted by atomic mass is 10.0. The van der Waals surface area contributed by atoms with Gasteiger partial charge >= 0.3 is 0 Å². The van der Waals surface area contributed by atoms with E-state index in [9.17, 15) is 13.6 Å². The quantitative estimate of drug-likeness (QED) is 0.747. The summed E-state index contributed by atoms with van der Waals surface area (Å²) in [7, 11) is 0. The summed E-state index contributed by atoms with van der Waals surface area (Å²) in [6.45, 7) is 2.21. The van der Waals surface area contributed by atoms with E-state index in [-0.39, 0.29) is 24.4 Å². The smallest absolute Gasteiger partial charge is 0.237 e. The number of nitrogens with zero attached hydrogens (tertiary/aromatic N) is 1. The molecule has 1 amide bonds. The summed E-state index contributed by atoms with van der Waals surface area (Å²) < 4.78 is 26.2. The Morgan fingerprint density at radius 2 is 2.04 bits per heavy atom. The van der Waals surface area contributed by atoms with Gasteiger partial charge in [0.1, 0.15) is 0 Å². The lowest BCUT2D eigenvalue weighted by Crippen LogP contribution is -2.49. The molecule has 142 valence electrons. The van der Waals surface area contributed by atoms with Crippen molar-refractivity contribution in [2.75, 3.05) is 25.1 Å². The number of thioether (sulfide) groups is 1. The summed E-state index contributed by atoms with van der Waals surface area (Å²) in [5.74, 6) is -0.837. The monoisotopic (exact) mass is 393 g/mol. The number of amides is 1. The summed E-state index contributed by atoms with van der Waals surface area (Å²) in [4.78, 5) is 14.2. The molecule has 25 heavy (non-hydrogen) atoms. The predicted molar refractivity (Wildman–Crippen MR) is 101 cm³/mol. The highest BCUT2D eigenvalue weighted by Gasteiger charge is 2.23. The maximum Gasteiger partial charge on any atom is 0.237 e. The second-order valence-corrected chi connectivity index (χ2v) is 7.18. The van der Waals surface area contributed by atoms with E-state index in [1.54, 1.807) is 17.8 Å². The predicted octanol–water partition coefficient (Wildman–Crippen LogP) is 2.55. The van der Waals surface area contributed by atoms with Gasteiger partial charge in [-0.15, -0.1) is 12.4 Å². The molecular formula is C17H26ClF2N3OS. The maximum absolute atomic E-state index is 13.2. The third-order valence-corrected chi connectivity index (χ3v) is 4.94. The second-order valence-electron chi connectivity index (χ2n) is 6.20. The Balaban J connectivity index is 0.00000312. The van der Waals surface area contributed by atoms with E-state index < -0.39 is 17.7 Å². The number of nitrogens with one attached hydrogen (secondary N) is 1. The first kappa shape index (κ1) is 22.2. The van der Waals surface area contributed by atoms with Crippen LogP contribution in [0.15, 0.2) is 18.2 Å². The van der Waals surface area contributed by atoms with Crippen LogP contribution in [0.5, 0.6) is 0 Å². The molecule has 4 nitrogen and oxygen atoms in total. The summed E-state index contributed by atoms with van der Waals surface area (Å²) in [5.41, 5.74) is 6.63. The van der Waals surface area contributed by atoms with Gasteiger partial charge in [0, 0.05) is 25.7 Å². The molecule has 1 saturated heterocycles. The topological polar surface area (TPSA) is 58.4 Å². The molecule has 1 aromatic rings. The molecule has 0 bridgehead atoms. The number of likely N-dealkylation sites (tertiary alicyclic amines) is 1. The van der Waals surface area contributed by atoms with Gasteiger partial charge in [-0.25, -0.2) is 8.78 Å². The third-order valence-electron chi connectivity index (χ3n) is 4.29. The van der Waals surface area contributed by atoms with Crippen molar-refractivity contribution in [3.8, 4) is 0 Å². The van der Waals surface area contributed by atoms with Crippen LogP contribution in [0, 0.1) is 11.6 Å². The van der Waals surface area contributed by atoms with Crippen LogP contribution in [0.4, 0.5) is 8.78 Å². The number of nitrogens with two attached hydrogens (primary N) is 1. The van der Waals surface area contributed by atoms with Gasteiger partial charge in [-0.1, -0.05) is 6.07 Å². The Hall–Kier alpha value is -0.890. The minimum absolute atomic E-state index is 0. The van der Waals surface area contributed by atoms with Gasteiger partial charge in [-0.3, -0.25) is 9.69 Å². The largest absolute Gasteiger partial charge is 0.352 e. The third kappa shape index (κ3) is 7.09. The molecule has 0 aliphatic carbocycles. The molecule has 1 unspecified atom stereocenters. The summed E-state index contributed by atoms with van der Waals surface area (Å²) in [6, 6.07) is 3.70. The molecule has 1 fully saturated rings. The molecule has 1 atom stereocenters. The summed E-state index contributed by atoms with van der Waals surface area (Å²) in [6.07, 6.45) is 4.35. The van der Waals surface area contributed by atoms with Crippen molar-refractivity contribution in [1.82, 2.24) is 10.2 Å². The fraction of sp³-hybridized carbons (Fsp3) is 0.588. The Bertz CT molecular complexity index is 557. The fourth-order valence-electron chi connectivity index (χ4n) is 2.82. The van der Waals surface area contributed by atoms with Crippen LogP contribution in [0.2, 0.25) is 0 Å². The molecule has 8 heteroatoms. The van der Waals surface area contributed by atoms with Crippen molar-refractivity contribution in [3.63, 3.8) is 0 Å². The molecule has 0 aromatic heterocycles. The molecule has 1 aliphatic rings. The van der Waals surface area contributed by atoms with Crippen LogP contribution in [-0.4, -0.2) is 48.0 Å². The van der Waals surface area contributed by atoms with Crippen LogP contribution in [-0.2, 0) is 11.3 Å². The van der Waals surface area contributed by atoms with E-state index in [2.05, 4.69) is 10.2 Å². The van der Waals surface area contributed by atoms with Crippen molar-refractivity contribution < 1.29 is 13.6 Å². The number of hydrogen-bond donors (Lipinski definition) is 2. The van der Waals surface area contributed by atoms with Gasteiger partial charge in [-0.05, 0) is 49.0 Å². The molecular weight excluding hydrogens is 368 g/mol. The average Bonchev–Trinajstić information content (AvgIpc) is 2.57. The number of halogens is 3. The highest BCUT2D eigenvalue weighted by atomic mass is 35.5. The van der Waals surface area contributed by atoms with Crippen molar-refractivity contribution in [2.45, 2.75) is 37.9 Å². The van der Waals surface area contributed by atoms with Crippen LogP contribution >= 0.6 is 24.2 Å².